The van der Waals surface area contributed by atoms with Crippen molar-refractivity contribution in [3.05, 3.63) is 58.6 Å². The number of nitrogens with zero attached hydrogens (tertiary/aromatic N) is 1. The Morgan fingerprint density at radius 1 is 1.00 bits per heavy atom. The van der Waals surface area contributed by atoms with Gasteiger partial charge in [0.25, 0.3) is 5.69 Å². The van der Waals surface area contributed by atoms with Crippen LogP contribution in [0.1, 0.15) is 0 Å². The van der Waals surface area contributed by atoms with Crippen LogP contribution in [-0.4, -0.2) is 11.3 Å². The first-order valence-corrected chi connectivity index (χ1v) is 5.72. The number of nitrogens with one attached hydrogen (secondary N) is 1. The molecule has 0 saturated heterocycles. The standard InChI is InChI=1S/C13H9F3N2O3/c14-13(15,16)21-12-8-4-2-6-10(12)17-9-5-1-3-7-11(9)18(19)20/h1-8,17H. The van der Waals surface area contributed by atoms with Crippen LogP contribution in [0, 0.1) is 10.1 Å². The van der Waals surface area contributed by atoms with Gasteiger partial charge in [0.1, 0.15) is 5.69 Å². The molecule has 2 aromatic carbocycles. The summed E-state index contributed by atoms with van der Waals surface area (Å²) in [5, 5.41) is 13.5. The molecule has 0 fully saturated rings. The zero-order chi connectivity index (χ0) is 15.5. The van der Waals surface area contributed by atoms with Crippen LogP contribution in [-0.2, 0) is 0 Å². The molecular formula is C13H9F3N2O3. The van der Waals surface area contributed by atoms with E-state index in [1.165, 1.54) is 42.5 Å². The van der Waals surface area contributed by atoms with E-state index in [0.29, 0.717) is 0 Å². The number of alkyl halides is 3. The number of para-hydroxylation sites is 4. The van der Waals surface area contributed by atoms with Gasteiger partial charge in [0.2, 0.25) is 0 Å². The highest BCUT2D eigenvalue weighted by atomic mass is 19.4. The molecule has 0 aromatic heterocycles. The van der Waals surface area contributed by atoms with E-state index in [2.05, 4.69) is 10.1 Å². The molecule has 0 unspecified atom stereocenters. The summed E-state index contributed by atoms with van der Waals surface area (Å²) in [4.78, 5) is 10.3. The first-order valence-electron chi connectivity index (χ1n) is 5.72. The summed E-state index contributed by atoms with van der Waals surface area (Å²) >= 11 is 0. The second-order valence-electron chi connectivity index (χ2n) is 3.94. The topological polar surface area (TPSA) is 64.4 Å². The fourth-order valence-corrected chi connectivity index (χ4v) is 1.67. The minimum absolute atomic E-state index is 0.0240. The Hall–Kier alpha value is -2.77. The number of hydrogen-bond acceptors (Lipinski definition) is 4. The van der Waals surface area contributed by atoms with Crippen molar-refractivity contribution in [1.82, 2.24) is 0 Å². The van der Waals surface area contributed by atoms with Gasteiger partial charge in [-0.2, -0.15) is 0 Å². The van der Waals surface area contributed by atoms with E-state index >= 15 is 0 Å². The summed E-state index contributed by atoms with van der Waals surface area (Å²) in [5.74, 6) is -0.469. The predicted octanol–water partition coefficient (Wildman–Crippen LogP) is 4.24. The number of anilines is 2. The van der Waals surface area contributed by atoms with Gasteiger partial charge in [-0.05, 0) is 18.2 Å². The van der Waals surface area contributed by atoms with Crippen molar-refractivity contribution >= 4 is 17.1 Å². The molecule has 0 atom stereocenters. The Morgan fingerprint density at radius 3 is 2.19 bits per heavy atom. The highest BCUT2D eigenvalue weighted by Gasteiger charge is 2.32. The van der Waals surface area contributed by atoms with Gasteiger partial charge in [-0.3, -0.25) is 10.1 Å². The molecule has 0 bridgehead atoms. The van der Waals surface area contributed by atoms with Gasteiger partial charge in [0, 0.05) is 6.07 Å². The smallest absolute Gasteiger partial charge is 0.404 e. The molecule has 0 amide bonds. The van der Waals surface area contributed by atoms with Crippen LogP contribution in [0.3, 0.4) is 0 Å². The van der Waals surface area contributed by atoms with Crippen LogP contribution in [0.5, 0.6) is 5.75 Å². The van der Waals surface area contributed by atoms with Gasteiger partial charge in [-0.1, -0.05) is 24.3 Å². The molecule has 0 aliphatic rings. The average molecular weight is 298 g/mol. The summed E-state index contributed by atoms with van der Waals surface area (Å²) in [6.45, 7) is 0. The molecule has 5 nitrogen and oxygen atoms in total. The lowest BCUT2D eigenvalue weighted by atomic mass is 10.2. The first kappa shape index (κ1) is 14.6. The maximum Gasteiger partial charge on any atom is 0.573 e. The lowest BCUT2D eigenvalue weighted by Crippen LogP contribution is -2.17. The van der Waals surface area contributed by atoms with Crippen molar-refractivity contribution in [3.8, 4) is 5.75 Å². The first-order chi connectivity index (χ1) is 9.87. The number of hydrogen-bond donors (Lipinski definition) is 1. The number of halogens is 3. The van der Waals surface area contributed by atoms with Crippen LogP contribution in [0.15, 0.2) is 48.5 Å². The van der Waals surface area contributed by atoms with E-state index in [0.717, 1.165) is 6.07 Å². The summed E-state index contributed by atoms with van der Waals surface area (Å²) in [6, 6.07) is 10.9. The molecule has 0 radical (unpaired) electrons. The summed E-state index contributed by atoms with van der Waals surface area (Å²) in [6.07, 6.45) is -4.85. The molecule has 2 aromatic rings. The Kier molecular flexibility index (Phi) is 3.97. The zero-order valence-corrected chi connectivity index (χ0v) is 10.4. The lowest BCUT2D eigenvalue weighted by Gasteiger charge is -2.14. The number of rotatable bonds is 4. The van der Waals surface area contributed by atoms with Gasteiger partial charge < -0.3 is 10.1 Å². The maximum absolute atomic E-state index is 12.3. The molecule has 2 rings (SSSR count). The van der Waals surface area contributed by atoms with Crippen LogP contribution < -0.4 is 10.1 Å². The van der Waals surface area contributed by atoms with Crippen LogP contribution >= 0.6 is 0 Å². The zero-order valence-electron chi connectivity index (χ0n) is 10.4. The van der Waals surface area contributed by atoms with Crippen molar-refractivity contribution in [2.75, 3.05) is 5.32 Å². The van der Waals surface area contributed by atoms with Gasteiger partial charge in [-0.25, -0.2) is 0 Å². The highest BCUT2D eigenvalue weighted by Crippen LogP contribution is 2.34. The molecule has 110 valence electrons. The summed E-state index contributed by atoms with van der Waals surface area (Å²) < 4.78 is 40.8. The van der Waals surface area contributed by atoms with Crippen molar-refractivity contribution in [2.24, 2.45) is 0 Å². The Labute approximate surface area is 117 Å². The second kappa shape index (κ2) is 5.70. The number of nitro groups is 1. The van der Waals surface area contributed by atoms with Crippen LogP contribution in [0.25, 0.3) is 0 Å². The highest BCUT2D eigenvalue weighted by molar-refractivity contribution is 5.72. The lowest BCUT2D eigenvalue weighted by molar-refractivity contribution is -0.383. The maximum atomic E-state index is 12.3. The molecule has 1 N–H and O–H groups in total. The van der Waals surface area contributed by atoms with Crippen molar-refractivity contribution in [2.45, 2.75) is 6.36 Å². The second-order valence-corrected chi connectivity index (χ2v) is 3.94. The predicted molar refractivity (Wildman–Crippen MR) is 69.5 cm³/mol. The number of nitro benzene ring substituents is 1. The SMILES string of the molecule is O=[N+]([O-])c1ccccc1Nc1ccccc1OC(F)(F)F. The van der Waals surface area contributed by atoms with E-state index < -0.39 is 17.0 Å². The molecule has 8 heteroatoms. The van der Waals surface area contributed by atoms with Crippen molar-refractivity contribution in [3.63, 3.8) is 0 Å². The largest absolute Gasteiger partial charge is 0.573 e. The number of benzene rings is 2. The van der Waals surface area contributed by atoms with Crippen LogP contribution in [0.2, 0.25) is 0 Å². The van der Waals surface area contributed by atoms with Crippen molar-refractivity contribution in [1.29, 1.82) is 0 Å². The van der Waals surface area contributed by atoms with E-state index in [1.807, 2.05) is 0 Å². The molecule has 0 spiro atoms. The summed E-state index contributed by atoms with van der Waals surface area (Å²) in [7, 11) is 0. The third-order valence-electron chi connectivity index (χ3n) is 2.48. The van der Waals surface area contributed by atoms with E-state index in [9.17, 15) is 23.3 Å². The van der Waals surface area contributed by atoms with Gasteiger partial charge in [0.15, 0.2) is 5.75 Å². The third-order valence-corrected chi connectivity index (χ3v) is 2.48. The molecule has 0 aliphatic heterocycles. The van der Waals surface area contributed by atoms with Gasteiger partial charge in [-0.15, -0.1) is 13.2 Å². The fourth-order valence-electron chi connectivity index (χ4n) is 1.67. The molecule has 0 aliphatic carbocycles. The van der Waals surface area contributed by atoms with Crippen LogP contribution in [0.4, 0.5) is 30.2 Å². The Balaban J connectivity index is 2.35. The molecule has 0 saturated carbocycles. The summed E-state index contributed by atoms with van der Waals surface area (Å²) in [5.41, 5.74) is -0.204. The van der Waals surface area contributed by atoms with E-state index in [1.54, 1.807) is 0 Å². The Morgan fingerprint density at radius 2 is 1.57 bits per heavy atom. The average Bonchev–Trinajstić information content (AvgIpc) is 2.40. The molecule has 21 heavy (non-hydrogen) atoms. The van der Waals surface area contributed by atoms with Crippen molar-refractivity contribution < 1.29 is 22.8 Å². The fraction of sp³-hybridized carbons (Fsp3) is 0.0769. The molecular weight excluding hydrogens is 289 g/mol. The number of ether oxygens (including phenoxy) is 1. The Bertz CT molecular complexity index is 659. The van der Waals surface area contributed by atoms with Gasteiger partial charge >= 0.3 is 6.36 Å². The normalized spacial score (nSPS) is 11.0. The minimum atomic E-state index is -4.85. The van der Waals surface area contributed by atoms with E-state index in [4.69, 9.17) is 0 Å². The minimum Gasteiger partial charge on any atom is -0.404 e. The third kappa shape index (κ3) is 3.85. The van der Waals surface area contributed by atoms with Gasteiger partial charge in [0.05, 0.1) is 10.6 Å². The molecule has 0 heterocycles. The van der Waals surface area contributed by atoms with E-state index in [-0.39, 0.29) is 17.1 Å². The quantitative estimate of drug-likeness (QED) is 0.677. The monoisotopic (exact) mass is 298 g/mol.